The van der Waals surface area contributed by atoms with Gasteiger partial charge in [0, 0.05) is 12.1 Å². The monoisotopic (exact) mass is 243 g/mol. The molecule has 0 saturated carbocycles. The Bertz CT molecular complexity index is 521. The maximum absolute atomic E-state index is 4.29. The van der Waals surface area contributed by atoms with Crippen LogP contribution in [0.3, 0.4) is 0 Å². The van der Waals surface area contributed by atoms with Crippen LogP contribution in [-0.2, 0) is 12.0 Å². The van der Waals surface area contributed by atoms with Crippen molar-refractivity contribution in [2.24, 2.45) is 0 Å². The van der Waals surface area contributed by atoms with E-state index in [4.69, 9.17) is 0 Å². The Kier molecular flexibility index (Phi) is 3.50. The Morgan fingerprint density at radius 2 is 1.89 bits per heavy atom. The van der Waals surface area contributed by atoms with Gasteiger partial charge in [-0.05, 0) is 17.4 Å². The van der Waals surface area contributed by atoms with E-state index in [0.29, 0.717) is 0 Å². The Balaban J connectivity index is 2.54. The van der Waals surface area contributed by atoms with Crippen molar-refractivity contribution in [3.63, 3.8) is 0 Å². The maximum Gasteiger partial charge on any atom is 0.164 e. The average molecular weight is 243 g/mol. The average Bonchev–Trinajstić information content (AvgIpc) is 2.77. The summed E-state index contributed by atoms with van der Waals surface area (Å²) in [4.78, 5) is 0. The molecule has 18 heavy (non-hydrogen) atoms. The Hall–Kier alpha value is -1.64. The van der Waals surface area contributed by atoms with Crippen molar-refractivity contribution in [1.29, 1.82) is 0 Å². The van der Waals surface area contributed by atoms with Crippen molar-refractivity contribution < 1.29 is 0 Å². The van der Waals surface area contributed by atoms with E-state index in [1.807, 2.05) is 6.33 Å². The smallest absolute Gasteiger partial charge is 0.164 e. The molecule has 0 aliphatic heterocycles. The molecule has 0 bridgehead atoms. The molecule has 3 heteroatoms. The summed E-state index contributed by atoms with van der Waals surface area (Å²) in [6, 6.07) is 8.47. The summed E-state index contributed by atoms with van der Waals surface area (Å²) in [6.07, 6.45) is 2.90. The predicted octanol–water partition coefficient (Wildman–Crippen LogP) is 3.65. The first-order valence-corrected chi connectivity index (χ1v) is 6.51. The van der Waals surface area contributed by atoms with Crippen LogP contribution in [0.2, 0.25) is 0 Å². The molecule has 0 saturated heterocycles. The Labute approximate surface area is 109 Å². The number of aryl methyl sites for hydroxylation is 1. The Morgan fingerprint density at radius 3 is 2.56 bits per heavy atom. The van der Waals surface area contributed by atoms with Crippen LogP contribution in [0.5, 0.6) is 0 Å². The number of hydrogen-bond acceptors (Lipinski definition) is 2. The highest BCUT2D eigenvalue weighted by Crippen LogP contribution is 2.31. The second kappa shape index (κ2) is 4.92. The molecule has 0 aliphatic rings. The quantitative estimate of drug-likeness (QED) is 0.823. The van der Waals surface area contributed by atoms with Gasteiger partial charge in [0.15, 0.2) is 5.82 Å². The molecule has 0 spiro atoms. The molecule has 0 amide bonds. The lowest BCUT2D eigenvalue weighted by atomic mass is 9.83. The minimum absolute atomic E-state index is 0.111. The van der Waals surface area contributed by atoms with Gasteiger partial charge in [0.25, 0.3) is 0 Å². The predicted molar refractivity (Wildman–Crippen MR) is 74.4 cm³/mol. The van der Waals surface area contributed by atoms with Crippen molar-refractivity contribution in [3.8, 4) is 11.4 Å². The fourth-order valence-electron chi connectivity index (χ4n) is 2.20. The minimum Gasteiger partial charge on any atom is -0.314 e. The standard InChI is InChI=1S/C15H21N3/c1-5-10-18-11-16-17-14(18)12-8-6-7-9-13(12)15(2,3)4/h6-9,11H,5,10H2,1-4H3. The first-order chi connectivity index (χ1) is 8.54. The number of aromatic nitrogens is 3. The number of hydrogen-bond donors (Lipinski definition) is 0. The number of rotatable bonds is 3. The molecule has 1 aromatic carbocycles. The first-order valence-electron chi connectivity index (χ1n) is 6.51. The molecule has 0 N–H and O–H groups in total. The van der Waals surface area contributed by atoms with Gasteiger partial charge in [0.1, 0.15) is 6.33 Å². The van der Waals surface area contributed by atoms with Gasteiger partial charge in [-0.3, -0.25) is 0 Å². The van der Waals surface area contributed by atoms with Crippen molar-refractivity contribution in [2.45, 2.75) is 46.1 Å². The van der Waals surface area contributed by atoms with Crippen LogP contribution in [0.4, 0.5) is 0 Å². The van der Waals surface area contributed by atoms with Gasteiger partial charge in [-0.25, -0.2) is 0 Å². The second-order valence-electron chi connectivity index (χ2n) is 5.64. The highest BCUT2D eigenvalue weighted by molar-refractivity contribution is 5.62. The summed E-state index contributed by atoms with van der Waals surface area (Å²) in [7, 11) is 0. The van der Waals surface area contributed by atoms with Crippen molar-refractivity contribution in [3.05, 3.63) is 36.2 Å². The van der Waals surface area contributed by atoms with E-state index >= 15 is 0 Å². The summed E-state index contributed by atoms with van der Waals surface area (Å²) < 4.78 is 2.13. The molecule has 0 fully saturated rings. The fourth-order valence-corrected chi connectivity index (χ4v) is 2.20. The molecule has 0 unspecified atom stereocenters. The zero-order chi connectivity index (χ0) is 13.2. The van der Waals surface area contributed by atoms with Gasteiger partial charge >= 0.3 is 0 Å². The van der Waals surface area contributed by atoms with Crippen LogP contribution >= 0.6 is 0 Å². The molecule has 0 atom stereocenters. The van der Waals surface area contributed by atoms with E-state index < -0.39 is 0 Å². The lowest BCUT2D eigenvalue weighted by Gasteiger charge is -2.22. The van der Waals surface area contributed by atoms with Gasteiger partial charge < -0.3 is 4.57 Å². The molecule has 3 nitrogen and oxygen atoms in total. The zero-order valence-electron chi connectivity index (χ0n) is 11.6. The van der Waals surface area contributed by atoms with Crippen LogP contribution in [0.1, 0.15) is 39.7 Å². The second-order valence-corrected chi connectivity index (χ2v) is 5.64. The van der Waals surface area contributed by atoms with Crippen LogP contribution in [0.25, 0.3) is 11.4 Å². The summed E-state index contributed by atoms with van der Waals surface area (Å²) >= 11 is 0. The molecular formula is C15H21N3. The maximum atomic E-state index is 4.29. The molecule has 1 heterocycles. The largest absolute Gasteiger partial charge is 0.314 e. The lowest BCUT2D eigenvalue weighted by molar-refractivity contribution is 0.590. The van der Waals surface area contributed by atoms with Crippen molar-refractivity contribution in [1.82, 2.24) is 14.8 Å². The third-order valence-corrected chi connectivity index (χ3v) is 3.06. The minimum atomic E-state index is 0.111. The molecule has 1 aromatic heterocycles. The van der Waals surface area contributed by atoms with Gasteiger partial charge in [0.2, 0.25) is 0 Å². The summed E-state index contributed by atoms with van der Waals surface area (Å²) in [5, 5.41) is 8.35. The first kappa shape index (κ1) is 12.8. The molecule has 96 valence electrons. The molecular weight excluding hydrogens is 222 g/mol. The van der Waals surface area contributed by atoms with E-state index in [1.165, 1.54) is 11.1 Å². The van der Waals surface area contributed by atoms with Gasteiger partial charge in [-0.15, -0.1) is 10.2 Å². The third kappa shape index (κ3) is 2.45. The van der Waals surface area contributed by atoms with E-state index in [0.717, 1.165) is 18.8 Å². The zero-order valence-corrected chi connectivity index (χ0v) is 11.6. The van der Waals surface area contributed by atoms with Gasteiger partial charge in [-0.1, -0.05) is 52.0 Å². The SMILES string of the molecule is CCCn1cnnc1-c1ccccc1C(C)(C)C. The van der Waals surface area contributed by atoms with Crippen LogP contribution in [0, 0.1) is 0 Å². The van der Waals surface area contributed by atoms with E-state index in [-0.39, 0.29) is 5.41 Å². The van der Waals surface area contributed by atoms with Crippen LogP contribution in [-0.4, -0.2) is 14.8 Å². The summed E-state index contributed by atoms with van der Waals surface area (Å²) in [5.41, 5.74) is 2.62. The highest BCUT2D eigenvalue weighted by atomic mass is 15.3. The lowest BCUT2D eigenvalue weighted by Crippen LogP contribution is -2.13. The third-order valence-electron chi connectivity index (χ3n) is 3.06. The topological polar surface area (TPSA) is 30.7 Å². The summed E-state index contributed by atoms with van der Waals surface area (Å²) in [5.74, 6) is 0.974. The van der Waals surface area contributed by atoms with Crippen LogP contribution in [0.15, 0.2) is 30.6 Å². The van der Waals surface area contributed by atoms with Crippen molar-refractivity contribution in [2.75, 3.05) is 0 Å². The van der Waals surface area contributed by atoms with E-state index in [1.54, 1.807) is 0 Å². The summed E-state index contributed by atoms with van der Waals surface area (Å²) in [6.45, 7) is 9.81. The van der Waals surface area contributed by atoms with Crippen molar-refractivity contribution >= 4 is 0 Å². The number of nitrogens with zero attached hydrogens (tertiary/aromatic N) is 3. The van der Waals surface area contributed by atoms with Crippen LogP contribution < -0.4 is 0 Å². The van der Waals surface area contributed by atoms with E-state index in [2.05, 4.69) is 66.7 Å². The number of benzene rings is 1. The Morgan fingerprint density at radius 1 is 1.17 bits per heavy atom. The molecule has 0 radical (unpaired) electrons. The molecule has 2 rings (SSSR count). The molecule has 0 aliphatic carbocycles. The molecule has 2 aromatic rings. The highest BCUT2D eigenvalue weighted by Gasteiger charge is 2.20. The fraction of sp³-hybridized carbons (Fsp3) is 0.467. The van der Waals surface area contributed by atoms with E-state index in [9.17, 15) is 0 Å². The van der Waals surface area contributed by atoms with Gasteiger partial charge in [-0.2, -0.15) is 0 Å². The van der Waals surface area contributed by atoms with Gasteiger partial charge in [0.05, 0.1) is 0 Å². The normalized spacial score (nSPS) is 11.8.